The summed E-state index contributed by atoms with van der Waals surface area (Å²) in [7, 11) is -4.51. The van der Waals surface area contributed by atoms with Crippen LogP contribution in [0.5, 0.6) is 5.75 Å². The quantitative estimate of drug-likeness (QED) is 0.0881. The molecule has 3 heterocycles. The van der Waals surface area contributed by atoms with E-state index in [4.69, 9.17) is 28.4 Å². The van der Waals surface area contributed by atoms with Crippen LogP contribution in [0.15, 0.2) is 103 Å². The average Bonchev–Trinajstić information content (AvgIpc) is 3.78. The summed E-state index contributed by atoms with van der Waals surface area (Å²) in [5, 5.41) is 4.72. The predicted octanol–water partition coefficient (Wildman–Crippen LogP) is 10.2. The highest BCUT2D eigenvalue weighted by atomic mass is 31.2. The third-order valence-electron chi connectivity index (χ3n) is 11.4. The van der Waals surface area contributed by atoms with Crippen molar-refractivity contribution in [1.82, 2.24) is 19.6 Å². The number of benzene rings is 4. The van der Waals surface area contributed by atoms with E-state index in [0.29, 0.717) is 28.9 Å². The molecule has 2 fully saturated rings. The molecule has 386 valence electrons. The van der Waals surface area contributed by atoms with Crippen molar-refractivity contribution in [3.63, 3.8) is 0 Å². The van der Waals surface area contributed by atoms with Crippen LogP contribution in [-0.4, -0.2) is 107 Å². The summed E-state index contributed by atoms with van der Waals surface area (Å²) in [4.78, 5) is 81.6. The van der Waals surface area contributed by atoms with Crippen LogP contribution < -0.4 is 9.64 Å². The number of hydrogen-bond donors (Lipinski definition) is 2. The minimum atomic E-state index is -4.51. The Bertz CT molecular complexity index is 2780. The molecule has 4 atom stereocenters. The minimum absolute atomic E-state index is 0.0254. The molecule has 2 saturated heterocycles. The Balaban J connectivity index is 1.42. The normalized spacial score (nSPS) is 19.4. The van der Waals surface area contributed by atoms with E-state index >= 15 is 4.79 Å². The van der Waals surface area contributed by atoms with E-state index in [1.165, 1.54) is 0 Å². The molecule has 2 aliphatic rings. The molecule has 5 aromatic rings. The zero-order valence-corrected chi connectivity index (χ0v) is 43.6. The molecule has 7 rings (SSSR count). The maximum absolute atomic E-state index is 16.0. The lowest BCUT2D eigenvalue weighted by Gasteiger charge is -2.37. The van der Waals surface area contributed by atoms with Gasteiger partial charge in [-0.15, -0.1) is 5.10 Å². The van der Waals surface area contributed by atoms with Gasteiger partial charge in [0.1, 0.15) is 34.8 Å². The van der Waals surface area contributed by atoms with Gasteiger partial charge < -0.3 is 48.0 Å². The summed E-state index contributed by atoms with van der Waals surface area (Å²) >= 11 is 0. The van der Waals surface area contributed by atoms with E-state index in [0.717, 1.165) is 15.8 Å². The van der Waals surface area contributed by atoms with Crippen LogP contribution >= 0.6 is 7.60 Å². The molecule has 0 unspecified atom stereocenters. The van der Waals surface area contributed by atoms with Gasteiger partial charge in [-0.3, -0.25) is 4.57 Å². The number of rotatable bonds is 12. The van der Waals surface area contributed by atoms with Gasteiger partial charge in [0.05, 0.1) is 17.6 Å². The number of fused-ring (bicyclic) bond motifs is 2. The number of carbonyl (C=O) groups excluding carboxylic acids is 4. The van der Waals surface area contributed by atoms with Gasteiger partial charge in [-0.2, -0.15) is 9.58 Å². The zero-order valence-electron chi connectivity index (χ0n) is 42.7. The van der Waals surface area contributed by atoms with E-state index in [1.54, 1.807) is 115 Å². The molecule has 0 spiro atoms. The predicted molar refractivity (Wildman–Crippen MR) is 268 cm³/mol. The summed E-state index contributed by atoms with van der Waals surface area (Å²) in [5.74, 6) is -1.15. The van der Waals surface area contributed by atoms with Crippen LogP contribution in [0, 0.1) is 0 Å². The number of ether oxygens (including phenoxy) is 6. The lowest BCUT2D eigenvalue weighted by molar-refractivity contribution is -0.157. The number of hydrogen-bond acceptors (Lipinski definition) is 12. The number of nitrogens with zero attached hydrogens (tertiary/aromatic N) is 5. The van der Waals surface area contributed by atoms with Crippen LogP contribution in [-0.2, 0) is 54.2 Å². The Labute approximate surface area is 420 Å². The highest BCUT2D eigenvalue weighted by Crippen LogP contribution is 2.42. The first-order valence-corrected chi connectivity index (χ1v) is 25.6. The first-order valence-electron chi connectivity index (χ1n) is 23.8. The lowest BCUT2D eigenvalue weighted by atomic mass is 9.91. The fourth-order valence-corrected chi connectivity index (χ4v) is 9.07. The second kappa shape index (κ2) is 20.7. The monoisotopic (exact) mass is 1010 g/mol. The molecular formula is C53H66N5O13P. The Morgan fingerprint density at radius 1 is 0.667 bits per heavy atom. The fourth-order valence-electron chi connectivity index (χ4n) is 8.75. The molecule has 0 aliphatic carbocycles. The van der Waals surface area contributed by atoms with Gasteiger partial charge in [-0.25, -0.2) is 19.2 Å². The second-order valence-corrected chi connectivity index (χ2v) is 23.2. The molecule has 0 bridgehead atoms. The zero-order chi connectivity index (χ0) is 52.6. The van der Waals surface area contributed by atoms with Gasteiger partial charge in [0.15, 0.2) is 18.0 Å². The average molecular weight is 1010 g/mol. The van der Waals surface area contributed by atoms with Crippen molar-refractivity contribution >= 4 is 48.6 Å². The van der Waals surface area contributed by atoms with Gasteiger partial charge >= 0.3 is 31.9 Å². The van der Waals surface area contributed by atoms with Crippen LogP contribution in [0.3, 0.4) is 0 Å². The molecule has 1 aromatic heterocycles. The number of urea groups is 1. The molecule has 72 heavy (non-hydrogen) atoms. The topological polar surface area (TPSA) is 209 Å². The minimum Gasteiger partial charge on any atom is -0.481 e. The van der Waals surface area contributed by atoms with E-state index in [1.807, 2.05) is 74.5 Å². The molecule has 2 N–H and O–H groups in total. The Kier molecular flexibility index (Phi) is 15.4. The van der Waals surface area contributed by atoms with Crippen molar-refractivity contribution in [2.75, 3.05) is 11.2 Å². The number of amides is 4. The first kappa shape index (κ1) is 53.5. The van der Waals surface area contributed by atoms with Gasteiger partial charge in [-0.05, 0) is 136 Å². The van der Waals surface area contributed by atoms with Gasteiger partial charge in [0, 0.05) is 18.5 Å². The highest BCUT2D eigenvalue weighted by Gasteiger charge is 2.55. The molecule has 0 saturated carbocycles. The van der Waals surface area contributed by atoms with Crippen molar-refractivity contribution in [3.8, 4) is 5.75 Å². The first-order chi connectivity index (χ1) is 33.5. The SMILES string of the molecule is CC(C)(C)OC(=O)N(C(=O)OC(C)(C)C)c1nn(C(=O)OC(C)(C)C)c2ccc(CN3C(=O)N(Cc4cccc(OCP(=O)(O)O)c4)[C@H](Cc4ccccc4)[C@@H]4OC(C)(C)O[C@H]4[C@H]3Cc3ccccc3)cc12. The number of anilines is 1. The number of carbonyl (C=O) groups is 4. The molecule has 18 nitrogen and oxygen atoms in total. The second-order valence-electron chi connectivity index (χ2n) is 21.6. The summed E-state index contributed by atoms with van der Waals surface area (Å²) < 4.78 is 49.3. The Morgan fingerprint density at radius 3 is 1.61 bits per heavy atom. The summed E-state index contributed by atoms with van der Waals surface area (Å²) in [6.45, 7) is 18.6. The molecular weight excluding hydrogens is 946 g/mol. The molecule has 19 heteroatoms. The van der Waals surface area contributed by atoms with E-state index in [-0.39, 0.29) is 41.6 Å². The largest absolute Gasteiger partial charge is 0.481 e. The highest BCUT2D eigenvalue weighted by molar-refractivity contribution is 7.51. The van der Waals surface area contributed by atoms with Gasteiger partial charge in [-0.1, -0.05) is 78.9 Å². The van der Waals surface area contributed by atoms with Crippen molar-refractivity contribution < 1.29 is 62.0 Å². The van der Waals surface area contributed by atoms with Crippen LogP contribution in [0.4, 0.5) is 25.0 Å². The number of imide groups is 1. The Hall–Kier alpha value is -6.30. The fraction of sp³-hybridized carbons (Fsp3) is 0.453. The third kappa shape index (κ3) is 13.6. The Morgan fingerprint density at radius 2 is 1.14 bits per heavy atom. The molecule has 2 aliphatic heterocycles. The van der Waals surface area contributed by atoms with Crippen molar-refractivity contribution in [2.45, 2.75) is 149 Å². The van der Waals surface area contributed by atoms with Crippen LogP contribution in [0.2, 0.25) is 0 Å². The van der Waals surface area contributed by atoms with Crippen LogP contribution in [0.25, 0.3) is 10.9 Å². The standard InChI is InChI=1S/C53H66N5O13P/c1-50(2,3)69-47(60)57(48(61)70-51(4,5)6)45-39-28-37(25-26-40(39)58(54-45)49(62)71-52(7,8)9)32-56-42(30-35-21-16-13-17-22-35)44-43(67-53(10,11)68-44)41(29-34-19-14-12-15-20-34)55(46(56)59)31-36-23-18-24-38(27-36)66-33-72(63,64)65/h12-28,41-44H,29-33H2,1-11H3,(H2,63,64,65)/t41-,42-,43+,44+/m1/s1. The van der Waals surface area contributed by atoms with Crippen molar-refractivity contribution in [1.29, 1.82) is 0 Å². The van der Waals surface area contributed by atoms with Crippen molar-refractivity contribution in [2.24, 2.45) is 0 Å². The molecule has 0 radical (unpaired) electrons. The number of aromatic nitrogens is 2. The summed E-state index contributed by atoms with van der Waals surface area (Å²) in [5.41, 5.74) is 0.118. The molecule has 4 aromatic carbocycles. The molecule has 4 amide bonds. The van der Waals surface area contributed by atoms with Crippen molar-refractivity contribution in [3.05, 3.63) is 125 Å². The van der Waals surface area contributed by atoms with Crippen LogP contribution in [0.1, 0.15) is 98.4 Å². The van der Waals surface area contributed by atoms with E-state index in [2.05, 4.69) is 5.10 Å². The lowest BCUT2D eigenvalue weighted by Crippen LogP contribution is -2.51. The maximum atomic E-state index is 16.0. The smallest absolute Gasteiger partial charge is 0.435 e. The van der Waals surface area contributed by atoms with E-state index in [9.17, 15) is 28.7 Å². The van der Waals surface area contributed by atoms with Gasteiger partial charge in [0.2, 0.25) is 0 Å². The van der Waals surface area contributed by atoms with E-state index < -0.39 is 79.1 Å². The summed E-state index contributed by atoms with van der Waals surface area (Å²) in [6, 6.07) is 29.6. The van der Waals surface area contributed by atoms with Gasteiger partial charge in [0.25, 0.3) is 0 Å². The summed E-state index contributed by atoms with van der Waals surface area (Å²) in [6.07, 6.45) is -4.56. The third-order valence-corrected chi connectivity index (χ3v) is 11.9. The maximum Gasteiger partial charge on any atom is 0.435 e.